The fourth-order valence-electron chi connectivity index (χ4n) is 2.89. The maximum absolute atomic E-state index is 13.0. The third-order valence-corrected chi connectivity index (χ3v) is 4.87. The van der Waals surface area contributed by atoms with Gasteiger partial charge in [0.1, 0.15) is 11.5 Å². The van der Waals surface area contributed by atoms with Crippen molar-refractivity contribution in [3.8, 4) is 11.5 Å². The average molecular weight is 465 g/mol. The topological polar surface area (TPSA) is 88.1 Å². The van der Waals surface area contributed by atoms with Crippen LogP contribution in [-0.4, -0.2) is 31.2 Å². The summed E-state index contributed by atoms with van der Waals surface area (Å²) in [7, 11) is 3.12. The standard InChI is InChI=1S/C21H25BrN2O5/c1-28-17-10-11-18(19(13-17)29-2)24(14-15-6-5-7-16(22)12-15)21(26)9-4-3-8-20(25)23-27/h5-7,10-13,27H,3-4,8-9,14H2,1-2H3,(H,23,25). The van der Waals surface area contributed by atoms with Gasteiger partial charge in [0.25, 0.3) is 0 Å². The summed E-state index contributed by atoms with van der Waals surface area (Å²) in [6.07, 6.45) is 1.46. The Morgan fingerprint density at radius 2 is 1.83 bits per heavy atom. The van der Waals surface area contributed by atoms with Gasteiger partial charge < -0.3 is 14.4 Å². The number of nitrogens with one attached hydrogen (secondary N) is 1. The van der Waals surface area contributed by atoms with Crippen molar-refractivity contribution in [3.05, 3.63) is 52.5 Å². The fourth-order valence-corrected chi connectivity index (χ4v) is 3.33. The molecule has 2 aromatic rings. The zero-order valence-electron chi connectivity index (χ0n) is 16.5. The van der Waals surface area contributed by atoms with E-state index < -0.39 is 5.91 Å². The number of hydrogen-bond donors (Lipinski definition) is 2. The van der Waals surface area contributed by atoms with Crippen LogP contribution in [0.3, 0.4) is 0 Å². The molecule has 0 aliphatic carbocycles. The van der Waals surface area contributed by atoms with Crippen LogP contribution in [0.25, 0.3) is 0 Å². The first kappa shape index (κ1) is 22.7. The molecule has 0 radical (unpaired) electrons. The largest absolute Gasteiger partial charge is 0.497 e. The molecule has 0 aliphatic rings. The van der Waals surface area contributed by atoms with Gasteiger partial charge in [-0.3, -0.25) is 14.8 Å². The van der Waals surface area contributed by atoms with E-state index in [1.807, 2.05) is 24.3 Å². The van der Waals surface area contributed by atoms with E-state index >= 15 is 0 Å². The Bertz CT molecular complexity index is 844. The molecule has 0 bridgehead atoms. The maximum atomic E-state index is 13.0. The second-order valence-corrected chi connectivity index (χ2v) is 7.31. The summed E-state index contributed by atoms with van der Waals surface area (Å²) in [4.78, 5) is 25.9. The molecule has 0 aromatic heterocycles. The molecule has 2 rings (SSSR count). The first-order chi connectivity index (χ1) is 14.0. The van der Waals surface area contributed by atoms with Crippen molar-refractivity contribution < 1.29 is 24.3 Å². The van der Waals surface area contributed by atoms with Crippen molar-refractivity contribution >= 4 is 33.4 Å². The molecule has 0 spiro atoms. The lowest BCUT2D eigenvalue weighted by atomic mass is 10.1. The number of ether oxygens (including phenoxy) is 2. The molecular weight excluding hydrogens is 440 g/mol. The Morgan fingerprint density at radius 3 is 2.48 bits per heavy atom. The third kappa shape index (κ3) is 6.76. The van der Waals surface area contributed by atoms with Gasteiger partial charge in [-0.05, 0) is 42.7 Å². The van der Waals surface area contributed by atoms with Gasteiger partial charge in [0.15, 0.2) is 0 Å². The van der Waals surface area contributed by atoms with Crippen LogP contribution in [0.5, 0.6) is 11.5 Å². The number of amides is 2. The van der Waals surface area contributed by atoms with E-state index in [0.29, 0.717) is 36.6 Å². The zero-order valence-corrected chi connectivity index (χ0v) is 18.1. The number of anilines is 1. The summed E-state index contributed by atoms with van der Waals surface area (Å²) in [5.41, 5.74) is 3.21. The molecule has 0 atom stereocenters. The number of carbonyl (C=O) groups is 2. The van der Waals surface area contributed by atoms with Crippen LogP contribution in [0.1, 0.15) is 31.2 Å². The number of rotatable bonds is 10. The molecule has 0 unspecified atom stereocenters. The summed E-state index contributed by atoms with van der Waals surface area (Å²) in [6, 6.07) is 13.1. The van der Waals surface area contributed by atoms with Gasteiger partial charge in [0.05, 0.1) is 26.5 Å². The van der Waals surface area contributed by atoms with E-state index in [1.165, 1.54) is 0 Å². The van der Waals surface area contributed by atoms with E-state index in [9.17, 15) is 9.59 Å². The van der Waals surface area contributed by atoms with Crippen LogP contribution in [0.2, 0.25) is 0 Å². The molecule has 8 heteroatoms. The summed E-state index contributed by atoms with van der Waals surface area (Å²) in [5, 5.41) is 8.56. The van der Waals surface area contributed by atoms with E-state index in [4.69, 9.17) is 14.7 Å². The summed E-state index contributed by atoms with van der Waals surface area (Å²) in [6.45, 7) is 0.373. The van der Waals surface area contributed by atoms with Crippen molar-refractivity contribution in [2.24, 2.45) is 0 Å². The number of hydrogen-bond acceptors (Lipinski definition) is 5. The lowest BCUT2D eigenvalue weighted by molar-refractivity contribution is -0.129. The summed E-state index contributed by atoms with van der Waals surface area (Å²) < 4.78 is 11.7. The van der Waals surface area contributed by atoms with Crippen LogP contribution in [0.15, 0.2) is 46.9 Å². The Morgan fingerprint density at radius 1 is 1.07 bits per heavy atom. The van der Waals surface area contributed by atoms with Crippen LogP contribution in [0.4, 0.5) is 5.69 Å². The predicted octanol–water partition coefficient (Wildman–Crippen LogP) is 4.07. The molecule has 0 saturated carbocycles. The van der Waals surface area contributed by atoms with Crippen molar-refractivity contribution in [3.63, 3.8) is 0 Å². The lowest BCUT2D eigenvalue weighted by Gasteiger charge is -2.25. The van der Waals surface area contributed by atoms with E-state index in [2.05, 4.69) is 15.9 Å². The van der Waals surface area contributed by atoms with Crippen molar-refractivity contribution in [1.29, 1.82) is 0 Å². The van der Waals surface area contributed by atoms with E-state index in [-0.39, 0.29) is 18.7 Å². The van der Waals surface area contributed by atoms with Gasteiger partial charge in [-0.2, -0.15) is 0 Å². The SMILES string of the molecule is COc1ccc(N(Cc2cccc(Br)c2)C(=O)CCCCC(=O)NO)c(OC)c1. The molecular formula is C21H25BrN2O5. The number of hydroxylamine groups is 1. The van der Waals surface area contributed by atoms with Crippen LogP contribution < -0.4 is 19.9 Å². The summed E-state index contributed by atoms with van der Waals surface area (Å²) in [5.74, 6) is 0.626. The fraction of sp³-hybridized carbons (Fsp3) is 0.333. The number of nitrogens with zero attached hydrogens (tertiary/aromatic N) is 1. The number of carbonyl (C=O) groups excluding carboxylic acids is 2. The highest BCUT2D eigenvalue weighted by atomic mass is 79.9. The Labute approximate surface area is 178 Å². The molecule has 0 saturated heterocycles. The van der Waals surface area contributed by atoms with Gasteiger partial charge in [-0.15, -0.1) is 0 Å². The minimum atomic E-state index is -0.458. The second kappa shape index (κ2) is 11.4. The molecule has 0 aliphatic heterocycles. The molecule has 2 amide bonds. The zero-order chi connectivity index (χ0) is 21.2. The van der Waals surface area contributed by atoms with Crippen LogP contribution in [0, 0.1) is 0 Å². The predicted molar refractivity (Wildman–Crippen MR) is 113 cm³/mol. The highest BCUT2D eigenvalue weighted by Crippen LogP contribution is 2.34. The maximum Gasteiger partial charge on any atom is 0.243 e. The first-order valence-electron chi connectivity index (χ1n) is 9.18. The molecule has 0 fully saturated rings. The highest BCUT2D eigenvalue weighted by Gasteiger charge is 2.20. The highest BCUT2D eigenvalue weighted by molar-refractivity contribution is 9.10. The molecule has 29 heavy (non-hydrogen) atoms. The molecule has 156 valence electrons. The molecule has 0 heterocycles. The van der Waals surface area contributed by atoms with Crippen LogP contribution in [-0.2, 0) is 16.1 Å². The van der Waals surface area contributed by atoms with Gasteiger partial charge in [-0.25, -0.2) is 5.48 Å². The van der Waals surface area contributed by atoms with Gasteiger partial charge in [0.2, 0.25) is 11.8 Å². The Hall–Kier alpha value is -2.58. The molecule has 2 aromatic carbocycles. The lowest BCUT2D eigenvalue weighted by Crippen LogP contribution is -2.30. The number of benzene rings is 2. The van der Waals surface area contributed by atoms with Crippen molar-refractivity contribution in [2.45, 2.75) is 32.2 Å². The average Bonchev–Trinajstić information content (AvgIpc) is 2.74. The number of methoxy groups -OCH3 is 2. The Balaban J connectivity index is 2.23. The monoisotopic (exact) mass is 464 g/mol. The number of halogens is 1. The summed E-state index contributed by atoms with van der Waals surface area (Å²) >= 11 is 3.46. The number of unbranched alkanes of at least 4 members (excludes halogenated alkanes) is 1. The Kier molecular flexibility index (Phi) is 8.95. The van der Waals surface area contributed by atoms with Gasteiger partial charge in [-0.1, -0.05) is 28.1 Å². The minimum Gasteiger partial charge on any atom is -0.497 e. The second-order valence-electron chi connectivity index (χ2n) is 6.39. The van der Waals surface area contributed by atoms with Gasteiger partial charge >= 0.3 is 0 Å². The van der Waals surface area contributed by atoms with Crippen molar-refractivity contribution in [1.82, 2.24) is 5.48 Å². The third-order valence-electron chi connectivity index (χ3n) is 4.38. The van der Waals surface area contributed by atoms with E-state index in [1.54, 1.807) is 42.8 Å². The minimum absolute atomic E-state index is 0.0853. The van der Waals surface area contributed by atoms with Crippen molar-refractivity contribution in [2.75, 3.05) is 19.1 Å². The van der Waals surface area contributed by atoms with Gasteiger partial charge in [0, 0.05) is 23.4 Å². The quantitative estimate of drug-likeness (QED) is 0.314. The molecule has 7 nitrogen and oxygen atoms in total. The molecule has 2 N–H and O–H groups in total. The normalized spacial score (nSPS) is 10.3. The smallest absolute Gasteiger partial charge is 0.243 e. The van der Waals surface area contributed by atoms with E-state index in [0.717, 1.165) is 10.0 Å². The van der Waals surface area contributed by atoms with Crippen LogP contribution >= 0.6 is 15.9 Å². The first-order valence-corrected chi connectivity index (χ1v) is 9.97.